The molecule has 1 rings (SSSR count). The van der Waals surface area contributed by atoms with Gasteiger partial charge < -0.3 is 5.32 Å². The summed E-state index contributed by atoms with van der Waals surface area (Å²) in [6, 6.07) is 0. The van der Waals surface area contributed by atoms with Crippen molar-refractivity contribution in [1.82, 2.24) is 10.7 Å². The maximum Gasteiger partial charge on any atom is 0.205 e. The molecule has 0 aromatic heterocycles. The molecule has 76 valence electrons. The van der Waals surface area contributed by atoms with E-state index < -0.39 is 0 Å². The lowest BCUT2D eigenvalue weighted by Crippen LogP contribution is -2.52. The van der Waals surface area contributed by atoms with Crippen LogP contribution >= 0.6 is 0 Å². The van der Waals surface area contributed by atoms with Crippen LogP contribution in [0.5, 0.6) is 0 Å². The summed E-state index contributed by atoms with van der Waals surface area (Å²) in [6.07, 6.45) is 6.20. The first kappa shape index (κ1) is 10.3. The van der Waals surface area contributed by atoms with Crippen molar-refractivity contribution in [2.24, 2.45) is 10.8 Å². The van der Waals surface area contributed by atoms with Crippen LogP contribution < -0.4 is 16.6 Å². The number of nitrogens with zero attached hydrogens (tertiary/aromatic N) is 1. The summed E-state index contributed by atoms with van der Waals surface area (Å²) in [6.45, 7) is 2.21. The zero-order valence-corrected chi connectivity index (χ0v) is 8.56. The minimum Gasteiger partial charge on any atom is -0.350 e. The summed E-state index contributed by atoms with van der Waals surface area (Å²) in [5.74, 6) is 6.03. The van der Waals surface area contributed by atoms with Crippen LogP contribution in [0.25, 0.3) is 0 Å². The number of guanidine groups is 1. The lowest BCUT2D eigenvalue weighted by molar-refractivity contribution is 0.371. The number of rotatable bonds is 2. The van der Waals surface area contributed by atoms with Gasteiger partial charge in [0.25, 0.3) is 0 Å². The Hall–Kier alpha value is -0.770. The van der Waals surface area contributed by atoms with E-state index in [0.717, 1.165) is 6.42 Å². The van der Waals surface area contributed by atoms with E-state index in [-0.39, 0.29) is 5.54 Å². The Morgan fingerprint density at radius 1 is 1.46 bits per heavy atom. The van der Waals surface area contributed by atoms with E-state index in [1.54, 1.807) is 7.05 Å². The predicted octanol–water partition coefficient (Wildman–Crippen LogP) is 0.748. The van der Waals surface area contributed by atoms with Gasteiger partial charge in [-0.25, -0.2) is 5.84 Å². The second-order valence-corrected chi connectivity index (χ2v) is 3.68. The van der Waals surface area contributed by atoms with Crippen molar-refractivity contribution in [3.05, 3.63) is 0 Å². The highest BCUT2D eigenvalue weighted by Crippen LogP contribution is 2.32. The molecule has 0 aliphatic heterocycles. The van der Waals surface area contributed by atoms with Crippen LogP contribution in [0, 0.1) is 0 Å². The molecule has 13 heavy (non-hydrogen) atoms. The lowest BCUT2D eigenvalue weighted by atomic mass is 9.94. The standard InChI is InChI=1S/C9H20N4/c1-3-9(6-4-5-7-9)12-8(11-2)13-10/h3-7,10H2,1-2H3,(H2,11,12,13). The molecule has 4 nitrogen and oxygen atoms in total. The van der Waals surface area contributed by atoms with Gasteiger partial charge in [-0.05, 0) is 19.3 Å². The molecular weight excluding hydrogens is 164 g/mol. The first-order chi connectivity index (χ1) is 6.26. The van der Waals surface area contributed by atoms with Gasteiger partial charge in [0.05, 0.1) is 0 Å². The molecule has 0 amide bonds. The Morgan fingerprint density at radius 2 is 2.08 bits per heavy atom. The molecule has 1 saturated carbocycles. The Morgan fingerprint density at radius 3 is 2.46 bits per heavy atom. The topological polar surface area (TPSA) is 62.4 Å². The third-order valence-corrected chi connectivity index (χ3v) is 2.98. The van der Waals surface area contributed by atoms with Gasteiger partial charge in [-0.15, -0.1) is 0 Å². The summed E-state index contributed by atoms with van der Waals surface area (Å²) >= 11 is 0. The molecule has 1 fully saturated rings. The SMILES string of the molecule is CCC1(NC(=NC)NN)CCCC1. The van der Waals surface area contributed by atoms with Crippen LogP contribution in [0.1, 0.15) is 39.0 Å². The molecule has 0 atom stereocenters. The van der Waals surface area contributed by atoms with Crippen molar-refractivity contribution in [2.75, 3.05) is 7.05 Å². The van der Waals surface area contributed by atoms with Gasteiger partial charge in [-0.3, -0.25) is 10.4 Å². The fourth-order valence-electron chi connectivity index (χ4n) is 2.03. The van der Waals surface area contributed by atoms with E-state index in [1.807, 2.05) is 0 Å². The molecule has 1 aliphatic rings. The largest absolute Gasteiger partial charge is 0.350 e. The summed E-state index contributed by atoms with van der Waals surface area (Å²) in [4.78, 5) is 4.03. The molecular formula is C9H20N4. The van der Waals surface area contributed by atoms with E-state index in [2.05, 4.69) is 22.7 Å². The van der Waals surface area contributed by atoms with Gasteiger partial charge in [0.1, 0.15) is 0 Å². The molecule has 0 aromatic carbocycles. The van der Waals surface area contributed by atoms with Crippen molar-refractivity contribution in [3.63, 3.8) is 0 Å². The third-order valence-electron chi connectivity index (χ3n) is 2.98. The van der Waals surface area contributed by atoms with Gasteiger partial charge >= 0.3 is 0 Å². The molecule has 0 bridgehead atoms. The predicted molar refractivity (Wildman–Crippen MR) is 55.3 cm³/mol. The Kier molecular flexibility index (Phi) is 3.54. The van der Waals surface area contributed by atoms with Crippen molar-refractivity contribution in [1.29, 1.82) is 0 Å². The van der Waals surface area contributed by atoms with Crippen LogP contribution in [0.4, 0.5) is 0 Å². The maximum atomic E-state index is 5.33. The summed E-state index contributed by atoms with van der Waals surface area (Å²) in [5.41, 5.74) is 2.81. The highest BCUT2D eigenvalue weighted by Gasteiger charge is 2.32. The molecule has 1 aliphatic carbocycles. The summed E-state index contributed by atoms with van der Waals surface area (Å²) < 4.78 is 0. The number of hydrogen-bond acceptors (Lipinski definition) is 2. The van der Waals surface area contributed by atoms with Gasteiger partial charge in [0.2, 0.25) is 5.96 Å². The summed E-state index contributed by atoms with van der Waals surface area (Å²) in [5, 5.41) is 3.39. The minimum absolute atomic E-state index is 0.237. The number of nitrogens with two attached hydrogens (primary N) is 1. The average molecular weight is 184 g/mol. The highest BCUT2D eigenvalue weighted by molar-refractivity contribution is 5.79. The second kappa shape index (κ2) is 4.46. The van der Waals surface area contributed by atoms with E-state index in [9.17, 15) is 0 Å². The number of nitrogens with one attached hydrogen (secondary N) is 2. The molecule has 4 N–H and O–H groups in total. The average Bonchev–Trinajstić information content (AvgIpc) is 2.63. The number of hydrazine groups is 1. The van der Waals surface area contributed by atoms with E-state index in [1.165, 1.54) is 25.7 Å². The maximum absolute atomic E-state index is 5.33. The quantitative estimate of drug-likeness (QED) is 0.257. The zero-order chi connectivity index (χ0) is 9.73. The minimum atomic E-state index is 0.237. The zero-order valence-electron chi connectivity index (χ0n) is 8.56. The Labute approximate surface area is 80.0 Å². The van der Waals surface area contributed by atoms with Crippen molar-refractivity contribution in [2.45, 2.75) is 44.6 Å². The fraction of sp³-hybridized carbons (Fsp3) is 0.889. The van der Waals surface area contributed by atoms with Crippen molar-refractivity contribution < 1.29 is 0 Å². The smallest absolute Gasteiger partial charge is 0.205 e. The first-order valence-corrected chi connectivity index (χ1v) is 4.98. The lowest BCUT2D eigenvalue weighted by Gasteiger charge is -2.30. The molecule has 0 heterocycles. The van der Waals surface area contributed by atoms with E-state index in [4.69, 9.17) is 5.84 Å². The Balaban J connectivity index is 2.57. The summed E-state index contributed by atoms with van der Waals surface area (Å²) in [7, 11) is 1.74. The number of aliphatic imine (C=N–C) groups is 1. The van der Waals surface area contributed by atoms with Crippen molar-refractivity contribution in [3.8, 4) is 0 Å². The van der Waals surface area contributed by atoms with Gasteiger partial charge in [0, 0.05) is 12.6 Å². The fourth-order valence-corrected chi connectivity index (χ4v) is 2.03. The van der Waals surface area contributed by atoms with Crippen LogP contribution in [0.2, 0.25) is 0 Å². The monoisotopic (exact) mass is 184 g/mol. The van der Waals surface area contributed by atoms with Crippen LogP contribution in [-0.2, 0) is 0 Å². The van der Waals surface area contributed by atoms with Crippen LogP contribution in [0.3, 0.4) is 0 Å². The molecule has 0 unspecified atom stereocenters. The van der Waals surface area contributed by atoms with Gasteiger partial charge in [-0.1, -0.05) is 19.8 Å². The van der Waals surface area contributed by atoms with Crippen LogP contribution in [0.15, 0.2) is 4.99 Å². The van der Waals surface area contributed by atoms with E-state index >= 15 is 0 Å². The molecule has 4 heteroatoms. The van der Waals surface area contributed by atoms with E-state index in [0.29, 0.717) is 5.96 Å². The highest BCUT2D eigenvalue weighted by atomic mass is 15.3. The van der Waals surface area contributed by atoms with Crippen molar-refractivity contribution >= 4 is 5.96 Å². The number of hydrogen-bond donors (Lipinski definition) is 3. The molecule has 0 saturated heterocycles. The van der Waals surface area contributed by atoms with Crippen LogP contribution in [-0.4, -0.2) is 18.5 Å². The molecule has 0 aromatic rings. The normalized spacial score (nSPS) is 21.6. The first-order valence-electron chi connectivity index (χ1n) is 4.98. The third kappa shape index (κ3) is 2.34. The van der Waals surface area contributed by atoms with Gasteiger partial charge in [0.15, 0.2) is 0 Å². The Bertz CT molecular complexity index is 182. The second-order valence-electron chi connectivity index (χ2n) is 3.68. The molecule has 0 spiro atoms. The van der Waals surface area contributed by atoms with Gasteiger partial charge in [-0.2, -0.15) is 0 Å². The molecule has 0 radical (unpaired) electrons.